The number of fused-ring (bicyclic) bond motifs is 4. The first-order valence-electron chi connectivity index (χ1n) is 11.6. The van der Waals surface area contributed by atoms with Crippen LogP contribution in [-0.2, 0) is 17.6 Å². The molecule has 0 radical (unpaired) electrons. The number of aryl methyl sites for hydroxylation is 2. The Bertz CT molecular complexity index is 803. The van der Waals surface area contributed by atoms with Crippen molar-refractivity contribution in [2.24, 2.45) is 11.8 Å². The Morgan fingerprint density at radius 3 is 2.76 bits per heavy atom. The maximum absolute atomic E-state index is 13.1. The van der Waals surface area contributed by atoms with E-state index in [1.165, 1.54) is 38.5 Å². The van der Waals surface area contributed by atoms with Gasteiger partial charge in [0.15, 0.2) is 0 Å². The number of hydrogen-bond donors (Lipinski definition) is 1. The van der Waals surface area contributed by atoms with E-state index in [4.69, 9.17) is 0 Å². The summed E-state index contributed by atoms with van der Waals surface area (Å²) in [5.74, 6) is 1.95. The minimum absolute atomic E-state index is 0.0914. The smallest absolute Gasteiger partial charge is 0.254 e. The van der Waals surface area contributed by atoms with Crippen molar-refractivity contribution in [3.63, 3.8) is 0 Å². The molecule has 0 unspecified atom stereocenters. The van der Waals surface area contributed by atoms with Gasteiger partial charge in [0.1, 0.15) is 5.82 Å². The second kappa shape index (κ2) is 8.58. The summed E-state index contributed by atoms with van der Waals surface area (Å²) in [7, 11) is 0. The third-order valence-electron chi connectivity index (χ3n) is 7.42. The van der Waals surface area contributed by atoms with E-state index < -0.39 is 0 Å². The molecule has 0 saturated carbocycles. The molecule has 3 fully saturated rings. The molecule has 1 aromatic heterocycles. The summed E-state index contributed by atoms with van der Waals surface area (Å²) in [4.78, 5) is 37.7. The van der Waals surface area contributed by atoms with Gasteiger partial charge < -0.3 is 9.88 Å². The summed E-state index contributed by atoms with van der Waals surface area (Å²) in [6.45, 7) is 8.94. The Hall–Kier alpha value is -1.69. The first kappa shape index (κ1) is 20.6. The fraction of sp³-hybridized carbons (Fsp3) is 0.783. The van der Waals surface area contributed by atoms with Crippen LogP contribution in [0.2, 0.25) is 0 Å². The molecule has 1 aromatic rings. The Labute approximate surface area is 174 Å². The molecule has 3 aliphatic rings. The Morgan fingerprint density at radius 1 is 1.21 bits per heavy atom. The third kappa shape index (κ3) is 4.14. The monoisotopic (exact) mass is 400 g/mol. The first-order chi connectivity index (χ1) is 14.0. The predicted octanol–water partition coefficient (Wildman–Crippen LogP) is 2.68. The number of aromatic amines is 1. The minimum Gasteiger partial charge on any atom is -0.342 e. The van der Waals surface area contributed by atoms with E-state index in [1.54, 1.807) is 0 Å². The van der Waals surface area contributed by atoms with Crippen molar-refractivity contribution in [3.8, 4) is 0 Å². The highest BCUT2D eigenvalue weighted by Gasteiger charge is 2.45. The van der Waals surface area contributed by atoms with E-state index in [0.717, 1.165) is 25.7 Å². The number of nitrogens with one attached hydrogen (secondary N) is 1. The molecule has 0 aliphatic carbocycles. The highest BCUT2D eigenvalue weighted by atomic mass is 16.2. The standard InChI is InChI=1S/C23H36N4O2/c1-4-7-18-8-6-9-20-17-10-16(13-27(18)20)12-26(14-17)22(28)11-19-15(3)24-21(5-2)25-23(19)29/h16-18,20H,4-14H2,1-3H3,(H,24,25,29)/t16-,17+,18-,20-/m0/s1. The van der Waals surface area contributed by atoms with Gasteiger partial charge in [-0.15, -0.1) is 0 Å². The zero-order chi connectivity index (χ0) is 20.5. The summed E-state index contributed by atoms with van der Waals surface area (Å²) in [5.41, 5.74) is 1.07. The molecular formula is C23H36N4O2. The quantitative estimate of drug-likeness (QED) is 0.825. The highest BCUT2D eigenvalue weighted by molar-refractivity contribution is 5.79. The van der Waals surface area contributed by atoms with E-state index >= 15 is 0 Å². The zero-order valence-electron chi connectivity index (χ0n) is 18.2. The highest BCUT2D eigenvalue weighted by Crippen LogP contribution is 2.40. The molecule has 4 heterocycles. The molecule has 29 heavy (non-hydrogen) atoms. The molecular weight excluding hydrogens is 364 g/mol. The van der Waals surface area contributed by atoms with Crippen LogP contribution in [0.3, 0.4) is 0 Å². The van der Waals surface area contributed by atoms with Crippen molar-refractivity contribution in [1.82, 2.24) is 19.8 Å². The molecule has 2 bridgehead atoms. The Kier molecular flexibility index (Phi) is 6.09. The van der Waals surface area contributed by atoms with Gasteiger partial charge in [0.2, 0.25) is 5.91 Å². The van der Waals surface area contributed by atoms with E-state index in [-0.39, 0.29) is 17.9 Å². The fourth-order valence-corrected chi connectivity index (χ4v) is 6.07. The summed E-state index contributed by atoms with van der Waals surface area (Å²) in [6.07, 6.45) is 8.63. The lowest BCUT2D eigenvalue weighted by atomic mass is 9.74. The number of likely N-dealkylation sites (tertiary alicyclic amines) is 1. The van der Waals surface area contributed by atoms with Gasteiger partial charge in [0, 0.05) is 49.4 Å². The minimum atomic E-state index is -0.152. The van der Waals surface area contributed by atoms with Crippen LogP contribution in [0, 0.1) is 18.8 Å². The maximum atomic E-state index is 13.1. The van der Waals surface area contributed by atoms with Crippen LogP contribution in [0.15, 0.2) is 4.79 Å². The van der Waals surface area contributed by atoms with E-state index in [2.05, 4.69) is 21.8 Å². The van der Waals surface area contributed by atoms with Crippen molar-refractivity contribution >= 4 is 5.91 Å². The van der Waals surface area contributed by atoms with Gasteiger partial charge in [0.25, 0.3) is 5.56 Å². The Morgan fingerprint density at radius 2 is 2.03 bits per heavy atom. The molecule has 3 saturated heterocycles. The van der Waals surface area contributed by atoms with Crippen molar-refractivity contribution in [2.45, 2.75) is 84.2 Å². The van der Waals surface area contributed by atoms with Gasteiger partial charge in [-0.05, 0) is 44.4 Å². The molecule has 0 spiro atoms. The normalized spacial score (nSPS) is 29.6. The van der Waals surface area contributed by atoms with Crippen LogP contribution in [0.25, 0.3) is 0 Å². The number of amides is 1. The summed E-state index contributed by atoms with van der Waals surface area (Å²) < 4.78 is 0. The average molecular weight is 401 g/mol. The molecule has 4 rings (SSSR count). The number of nitrogens with zero attached hydrogens (tertiary/aromatic N) is 3. The average Bonchev–Trinajstić information content (AvgIpc) is 2.71. The van der Waals surface area contributed by atoms with Crippen molar-refractivity contribution in [1.29, 1.82) is 0 Å². The number of piperidine rings is 3. The molecule has 1 N–H and O–H groups in total. The number of carbonyl (C=O) groups is 1. The molecule has 3 aliphatic heterocycles. The molecule has 6 heteroatoms. The second-order valence-corrected chi connectivity index (χ2v) is 9.40. The van der Waals surface area contributed by atoms with E-state index in [9.17, 15) is 9.59 Å². The lowest BCUT2D eigenvalue weighted by molar-refractivity contribution is -0.138. The Balaban J connectivity index is 1.46. The van der Waals surface area contributed by atoms with Gasteiger partial charge in [-0.25, -0.2) is 4.98 Å². The van der Waals surface area contributed by atoms with Crippen LogP contribution in [0.5, 0.6) is 0 Å². The van der Waals surface area contributed by atoms with Crippen molar-refractivity contribution in [3.05, 3.63) is 27.4 Å². The maximum Gasteiger partial charge on any atom is 0.254 e. The largest absolute Gasteiger partial charge is 0.342 e. The lowest BCUT2D eigenvalue weighted by Crippen LogP contribution is -2.62. The third-order valence-corrected chi connectivity index (χ3v) is 7.42. The van der Waals surface area contributed by atoms with Gasteiger partial charge >= 0.3 is 0 Å². The van der Waals surface area contributed by atoms with Crippen molar-refractivity contribution in [2.75, 3.05) is 19.6 Å². The predicted molar refractivity (Wildman–Crippen MR) is 114 cm³/mol. The van der Waals surface area contributed by atoms with Gasteiger partial charge in [-0.1, -0.05) is 26.7 Å². The summed E-state index contributed by atoms with van der Waals surface area (Å²) >= 11 is 0. The summed E-state index contributed by atoms with van der Waals surface area (Å²) in [5, 5.41) is 0. The van der Waals surface area contributed by atoms with Crippen LogP contribution in [0.4, 0.5) is 0 Å². The van der Waals surface area contributed by atoms with Crippen LogP contribution >= 0.6 is 0 Å². The van der Waals surface area contributed by atoms with Gasteiger partial charge in [-0.3, -0.25) is 14.5 Å². The van der Waals surface area contributed by atoms with Crippen LogP contribution in [-0.4, -0.2) is 57.4 Å². The van der Waals surface area contributed by atoms with Crippen LogP contribution < -0.4 is 5.56 Å². The van der Waals surface area contributed by atoms with Crippen molar-refractivity contribution < 1.29 is 4.79 Å². The number of hydrogen-bond acceptors (Lipinski definition) is 4. The topological polar surface area (TPSA) is 69.3 Å². The van der Waals surface area contributed by atoms with Gasteiger partial charge in [-0.2, -0.15) is 0 Å². The number of carbonyl (C=O) groups excluding carboxylic acids is 1. The molecule has 6 nitrogen and oxygen atoms in total. The SMILES string of the molecule is CCC[C@H]1CCC[C@H]2[C@@H]3C[C@@H](CN(C(=O)Cc4c(C)nc(CC)[nH]c4=O)C3)CN12. The second-order valence-electron chi connectivity index (χ2n) is 9.40. The molecule has 160 valence electrons. The fourth-order valence-electron chi connectivity index (χ4n) is 6.07. The van der Waals surface area contributed by atoms with Gasteiger partial charge in [0.05, 0.1) is 6.42 Å². The lowest BCUT2D eigenvalue weighted by Gasteiger charge is -2.55. The van der Waals surface area contributed by atoms with E-state index in [1.807, 2.05) is 18.7 Å². The summed E-state index contributed by atoms with van der Waals surface area (Å²) in [6, 6.07) is 1.39. The first-order valence-corrected chi connectivity index (χ1v) is 11.6. The number of rotatable bonds is 5. The molecule has 1 amide bonds. The zero-order valence-corrected chi connectivity index (χ0v) is 18.2. The van der Waals surface area contributed by atoms with Crippen LogP contribution in [0.1, 0.15) is 69.5 Å². The molecule has 4 atom stereocenters. The number of H-pyrrole nitrogens is 1. The van der Waals surface area contributed by atoms with E-state index in [0.29, 0.717) is 41.4 Å². The number of aromatic nitrogens is 2. The molecule has 0 aromatic carbocycles.